The second-order valence-electron chi connectivity index (χ2n) is 27.9. The summed E-state index contributed by atoms with van der Waals surface area (Å²) in [5.41, 5.74) is 18.6. The number of aryl methyl sites for hydroxylation is 8. The molecule has 2 heterocycles. The van der Waals surface area contributed by atoms with Crippen LogP contribution in [-0.2, 0) is 20.6 Å². The van der Waals surface area contributed by atoms with Gasteiger partial charge in [-0.2, -0.15) is 4.99 Å². The number of unbranched alkanes of at least 4 members (excludes halogenated alkanes) is 6. The van der Waals surface area contributed by atoms with Gasteiger partial charge in [0.15, 0.2) is 34.9 Å². The average molecular weight is 1410 g/mol. The first kappa shape index (κ1) is 81.4. The lowest BCUT2D eigenvalue weighted by Gasteiger charge is -2.27. The summed E-state index contributed by atoms with van der Waals surface area (Å²) in [4.78, 5) is 55.6. The molecule has 0 bridgehead atoms. The van der Waals surface area contributed by atoms with Crippen molar-refractivity contribution in [2.75, 3.05) is 26.4 Å². The van der Waals surface area contributed by atoms with Crippen LogP contribution in [0, 0.1) is 55.4 Å². The van der Waals surface area contributed by atoms with Crippen molar-refractivity contribution in [3.05, 3.63) is 238 Å². The number of hydrogen-bond donors (Lipinski definition) is 4. The largest absolute Gasteiger partial charge is 0.507 e. The maximum atomic E-state index is 12.5. The standard InChI is InChI=1S/C44H50N4O4.C31H35N3O3.C13H15NO.CH4/c1-28(2)33-14-13-15-34(26-33)44(7,8)48-43(50)52-23-12-10-9-11-22-51-35-18-21-38(39(49)27-35)42-46-40(36-19-16-29(3)24-31(36)5)45-41(47-42)37-20-17-30(4)25-32(37)6;1-20-9-12-25(22(3)17-20)29-32-30(26-13-10-21(2)18-23(26)4)34-31(33-29)27-14-11-24(19-28(27)36)37-16-8-6-5-7-15-35;1-10(2)11-6-5-7-12(8-11)13(3,4)14-9-15;/h13-21,24-27,49H,1,9-12,22-23H2,2-8H3,(H,48,50);9-14,17-19,35-36H,5-8,15-16H2,1-4H3;5-8H,1H2,2-4H3;1H4. The van der Waals surface area contributed by atoms with Gasteiger partial charge in [0.05, 0.1) is 42.0 Å². The van der Waals surface area contributed by atoms with E-state index in [0.717, 1.165) is 140 Å². The fourth-order valence-electron chi connectivity index (χ4n) is 11.9. The number of allylic oxidation sites excluding steroid dienone is 2. The number of aromatic hydroxyl groups is 2. The van der Waals surface area contributed by atoms with Crippen LogP contribution in [0.4, 0.5) is 4.79 Å². The number of isocyanates is 1. The lowest BCUT2D eigenvalue weighted by atomic mass is 9.92. The first-order valence-electron chi connectivity index (χ1n) is 35.6. The van der Waals surface area contributed by atoms with E-state index in [1.165, 1.54) is 11.1 Å². The zero-order valence-electron chi connectivity index (χ0n) is 62.9. The molecule has 2 aromatic heterocycles. The Bertz CT molecular complexity index is 4590. The van der Waals surface area contributed by atoms with Crippen LogP contribution >= 0.6 is 0 Å². The summed E-state index contributed by atoms with van der Waals surface area (Å²) in [6.45, 7) is 37.6. The second kappa shape index (κ2) is 38.0. The minimum absolute atomic E-state index is 0. The number of rotatable bonds is 27. The molecule has 8 aromatic carbocycles. The molecule has 0 radical (unpaired) electrons. The van der Waals surface area contributed by atoms with Crippen molar-refractivity contribution >= 4 is 23.3 Å². The van der Waals surface area contributed by atoms with Gasteiger partial charge in [0, 0.05) is 41.0 Å². The number of aliphatic hydroxyl groups is 1. The predicted octanol–water partition coefficient (Wildman–Crippen LogP) is 21.1. The summed E-state index contributed by atoms with van der Waals surface area (Å²) in [5, 5.41) is 33.9. The van der Waals surface area contributed by atoms with E-state index in [4.69, 9.17) is 49.2 Å². The van der Waals surface area contributed by atoms with E-state index in [-0.39, 0.29) is 25.5 Å². The number of phenols is 2. The molecule has 10 rings (SSSR count). The number of amides is 1. The molecule has 1 amide bonds. The minimum Gasteiger partial charge on any atom is -0.507 e. The number of alkyl carbamates (subject to hydrolysis) is 1. The molecule has 105 heavy (non-hydrogen) atoms. The molecule has 4 N–H and O–H groups in total. The van der Waals surface area contributed by atoms with Gasteiger partial charge in [-0.15, -0.1) is 0 Å². The number of phenolic OH excluding ortho intramolecular Hbond substituents is 2. The van der Waals surface area contributed by atoms with Crippen molar-refractivity contribution in [2.45, 2.75) is 167 Å². The number of hydrogen-bond acceptors (Lipinski definition) is 15. The lowest BCUT2D eigenvalue weighted by molar-refractivity contribution is 0.133. The van der Waals surface area contributed by atoms with Crippen molar-refractivity contribution in [1.82, 2.24) is 35.2 Å². The number of benzene rings is 8. The summed E-state index contributed by atoms with van der Waals surface area (Å²) in [6.07, 6.45) is 8.27. The Morgan fingerprint density at radius 1 is 0.448 bits per heavy atom. The van der Waals surface area contributed by atoms with Gasteiger partial charge < -0.3 is 34.8 Å². The number of nitrogens with zero attached hydrogens (tertiary/aromatic N) is 7. The Morgan fingerprint density at radius 2 is 0.781 bits per heavy atom. The fourth-order valence-corrected chi connectivity index (χ4v) is 11.9. The smallest absolute Gasteiger partial charge is 0.407 e. The van der Waals surface area contributed by atoms with Crippen molar-refractivity contribution in [2.24, 2.45) is 4.99 Å². The van der Waals surface area contributed by atoms with Gasteiger partial charge in [-0.3, -0.25) is 0 Å². The molecule has 0 atom stereocenters. The summed E-state index contributed by atoms with van der Waals surface area (Å²) >= 11 is 0. The zero-order valence-corrected chi connectivity index (χ0v) is 62.9. The highest BCUT2D eigenvalue weighted by Crippen LogP contribution is 2.37. The first-order chi connectivity index (χ1) is 49.6. The highest BCUT2D eigenvalue weighted by molar-refractivity contribution is 5.75. The Kier molecular flexibility index (Phi) is 29.5. The number of aliphatic hydroxyl groups excluding tert-OH is 1. The number of aliphatic imine (C=N–C) groups is 1. The van der Waals surface area contributed by atoms with Crippen LogP contribution < -0.4 is 14.8 Å². The van der Waals surface area contributed by atoms with E-state index in [1.54, 1.807) is 30.3 Å². The third-order valence-corrected chi connectivity index (χ3v) is 17.9. The molecule has 16 nitrogen and oxygen atoms in total. The molecule has 548 valence electrons. The molecule has 0 aliphatic carbocycles. The molecule has 0 saturated carbocycles. The van der Waals surface area contributed by atoms with Gasteiger partial charge in [0.25, 0.3) is 0 Å². The van der Waals surface area contributed by atoms with E-state index in [2.05, 4.69) is 101 Å². The topological polar surface area (TPSA) is 224 Å². The van der Waals surface area contributed by atoms with Gasteiger partial charge in [-0.25, -0.2) is 39.5 Å². The average Bonchev–Trinajstić information content (AvgIpc) is 0.789. The van der Waals surface area contributed by atoms with Crippen LogP contribution in [0.25, 0.3) is 79.5 Å². The van der Waals surface area contributed by atoms with Crippen LogP contribution in [-0.4, -0.2) is 83.8 Å². The van der Waals surface area contributed by atoms with E-state index in [1.807, 2.05) is 152 Å². The van der Waals surface area contributed by atoms with Crippen molar-refractivity contribution in [1.29, 1.82) is 0 Å². The lowest BCUT2D eigenvalue weighted by Crippen LogP contribution is -2.41. The number of carbonyl (C=O) groups excluding carboxylic acids is 2. The van der Waals surface area contributed by atoms with Crippen molar-refractivity contribution in [3.8, 4) is 91.3 Å². The third-order valence-electron chi connectivity index (χ3n) is 17.9. The van der Waals surface area contributed by atoms with Crippen LogP contribution in [0.15, 0.2) is 176 Å². The molecule has 0 aliphatic rings. The molecular weight excluding hydrogens is 1310 g/mol. The Hall–Kier alpha value is -10.9. The number of ether oxygens (including phenoxy) is 3. The monoisotopic (exact) mass is 1410 g/mol. The third kappa shape index (κ3) is 23.0. The minimum atomic E-state index is -0.579. The van der Waals surface area contributed by atoms with E-state index >= 15 is 0 Å². The zero-order chi connectivity index (χ0) is 75.3. The Morgan fingerprint density at radius 3 is 1.12 bits per heavy atom. The fraction of sp³-hybridized carbons (Fsp3) is 0.326. The van der Waals surface area contributed by atoms with E-state index in [9.17, 15) is 19.8 Å². The summed E-state index contributed by atoms with van der Waals surface area (Å²) in [5.74, 6) is 4.30. The highest BCUT2D eigenvalue weighted by atomic mass is 16.5. The highest BCUT2D eigenvalue weighted by Gasteiger charge is 2.25. The quantitative estimate of drug-likeness (QED) is 0.0214. The molecule has 0 saturated heterocycles. The number of nitrogens with one attached hydrogen (secondary N) is 1. The molecular formula is C89H104N8O8. The SMILES string of the molecule is C.C=C(C)c1cccc(C(C)(C)N=C=O)c1.C=C(C)c1cccc(C(C)(C)NC(=O)OCCCCCCOc2ccc(-c3nc(-c4ccc(C)cc4C)nc(-c4ccc(C)cc4C)n3)c(O)c2)c1.Cc1ccc(-c2nc(-c3ccc(C)cc3C)nc(-c3ccc(OCCCCCCO)cc3O)n2)c(C)c1. The molecule has 0 spiro atoms. The number of carbonyl (C=O) groups is 1. The maximum Gasteiger partial charge on any atom is 0.407 e. The van der Waals surface area contributed by atoms with E-state index in [0.29, 0.717) is 77.4 Å². The molecule has 0 unspecified atom stereocenters. The molecule has 0 aliphatic heterocycles. The van der Waals surface area contributed by atoms with E-state index < -0.39 is 17.2 Å². The van der Waals surface area contributed by atoms with Crippen molar-refractivity contribution < 1.29 is 39.1 Å². The van der Waals surface area contributed by atoms with Crippen LogP contribution in [0.5, 0.6) is 23.0 Å². The summed E-state index contributed by atoms with van der Waals surface area (Å²) in [7, 11) is 0. The van der Waals surface area contributed by atoms with Crippen LogP contribution in [0.3, 0.4) is 0 Å². The summed E-state index contributed by atoms with van der Waals surface area (Å²) < 4.78 is 17.2. The Balaban J connectivity index is 0.000000251. The van der Waals surface area contributed by atoms with Crippen LogP contribution in [0.2, 0.25) is 0 Å². The molecule has 10 aromatic rings. The van der Waals surface area contributed by atoms with Crippen LogP contribution in [0.1, 0.15) is 167 Å². The molecule has 16 heteroatoms. The maximum absolute atomic E-state index is 12.5. The van der Waals surface area contributed by atoms with Crippen molar-refractivity contribution in [3.63, 3.8) is 0 Å². The first-order valence-corrected chi connectivity index (χ1v) is 35.6. The van der Waals surface area contributed by atoms with Gasteiger partial charge in [-0.1, -0.05) is 170 Å². The normalized spacial score (nSPS) is 11.0. The van der Waals surface area contributed by atoms with Gasteiger partial charge >= 0.3 is 6.09 Å². The van der Waals surface area contributed by atoms with Gasteiger partial charge in [0.2, 0.25) is 6.08 Å². The second-order valence-corrected chi connectivity index (χ2v) is 27.9. The molecule has 0 fully saturated rings. The van der Waals surface area contributed by atoms with Gasteiger partial charge in [0.1, 0.15) is 23.0 Å². The predicted molar refractivity (Wildman–Crippen MR) is 426 cm³/mol. The Labute approximate surface area is 621 Å². The van der Waals surface area contributed by atoms with Gasteiger partial charge in [-0.05, 0) is 223 Å². The number of aromatic nitrogens is 6. The summed E-state index contributed by atoms with van der Waals surface area (Å²) in [6, 6.07) is 51.2.